The Labute approximate surface area is 135 Å². The number of nitrogen functional groups attached to an aromatic ring is 1. The van der Waals surface area contributed by atoms with E-state index in [1.807, 2.05) is 37.3 Å². The van der Waals surface area contributed by atoms with Crippen LogP contribution in [-0.4, -0.2) is 18.0 Å². The van der Waals surface area contributed by atoms with Crippen LogP contribution in [0.4, 0.5) is 5.69 Å². The Morgan fingerprint density at radius 2 is 1.74 bits per heavy atom. The maximum Gasteiger partial charge on any atom is 0.338 e. The molecule has 0 saturated carbocycles. The van der Waals surface area contributed by atoms with Gasteiger partial charge >= 0.3 is 5.97 Å². The van der Waals surface area contributed by atoms with Crippen LogP contribution >= 0.6 is 0 Å². The molecular formula is C18H20N2O3. The molecule has 0 fully saturated rings. The number of nitrogens with one attached hydrogen (secondary N) is 1. The average molecular weight is 312 g/mol. The lowest BCUT2D eigenvalue weighted by atomic mass is 10.1. The van der Waals surface area contributed by atoms with Crippen LogP contribution in [0.2, 0.25) is 0 Å². The lowest BCUT2D eigenvalue weighted by Gasteiger charge is -2.18. The van der Waals surface area contributed by atoms with Crippen LogP contribution in [0.1, 0.15) is 35.8 Å². The van der Waals surface area contributed by atoms with E-state index in [4.69, 9.17) is 10.5 Å². The molecule has 2 rings (SSSR count). The third-order valence-electron chi connectivity index (χ3n) is 3.43. The van der Waals surface area contributed by atoms with Crippen molar-refractivity contribution in [2.75, 3.05) is 5.73 Å². The Morgan fingerprint density at radius 3 is 2.39 bits per heavy atom. The number of esters is 1. The van der Waals surface area contributed by atoms with E-state index in [0.29, 0.717) is 11.3 Å². The number of carbonyl (C=O) groups is 2. The summed E-state index contributed by atoms with van der Waals surface area (Å²) in [6.07, 6.45) is -0.893. The van der Waals surface area contributed by atoms with Crippen LogP contribution in [0, 0.1) is 0 Å². The van der Waals surface area contributed by atoms with Gasteiger partial charge in [0.1, 0.15) is 0 Å². The first-order chi connectivity index (χ1) is 11.0. The molecule has 5 nitrogen and oxygen atoms in total. The Hall–Kier alpha value is -2.82. The standard InChI is InChI=1S/C18H20N2O3/c1-12(14-7-4-3-5-8-14)20-17(21)13(2)23-18(22)15-9-6-10-16(19)11-15/h3-13H,19H2,1-2H3,(H,20,21)/t12-,13+/m1/s1. The lowest BCUT2D eigenvalue weighted by Crippen LogP contribution is -2.37. The molecule has 2 aromatic carbocycles. The van der Waals surface area contributed by atoms with Gasteiger partial charge in [-0.15, -0.1) is 0 Å². The molecule has 0 bridgehead atoms. The zero-order chi connectivity index (χ0) is 16.8. The number of anilines is 1. The Bertz CT molecular complexity index is 686. The van der Waals surface area contributed by atoms with Gasteiger partial charge in [-0.25, -0.2) is 4.79 Å². The quantitative estimate of drug-likeness (QED) is 0.657. The number of ether oxygens (including phenoxy) is 1. The number of carbonyl (C=O) groups excluding carboxylic acids is 2. The van der Waals surface area contributed by atoms with E-state index < -0.39 is 12.1 Å². The van der Waals surface area contributed by atoms with Gasteiger partial charge in [-0.2, -0.15) is 0 Å². The Kier molecular flexibility index (Phi) is 5.36. The second-order valence-corrected chi connectivity index (χ2v) is 5.31. The number of amides is 1. The number of nitrogens with two attached hydrogens (primary N) is 1. The summed E-state index contributed by atoms with van der Waals surface area (Å²) in [5, 5.41) is 2.82. The third-order valence-corrected chi connectivity index (χ3v) is 3.43. The lowest BCUT2D eigenvalue weighted by molar-refractivity contribution is -0.129. The number of hydrogen-bond donors (Lipinski definition) is 2. The zero-order valence-corrected chi connectivity index (χ0v) is 13.2. The van der Waals surface area contributed by atoms with Crippen molar-refractivity contribution in [3.8, 4) is 0 Å². The molecule has 0 aliphatic carbocycles. The van der Waals surface area contributed by atoms with E-state index in [0.717, 1.165) is 5.56 Å². The molecular weight excluding hydrogens is 292 g/mol. The van der Waals surface area contributed by atoms with E-state index in [9.17, 15) is 9.59 Å². The van der Waals surface area contributed by atoms with Gasteiger partial charge in [-0.3, -0.25) is 4.79 Å². The van der Waals surface area contributed by atoms with Crippen molar-refractivity contribution in [1.82, 2.24) is 5.32 Å². The maximum absolute atomic E-state index is 12.1. The second kappa shape index (κ2) is 7.45. The highest BCUT2D eigenvalue weighted by Gasteiger charge is 2.20. The third kappa shape index (κ3) is 4.57. The first-order valence-corrected chi connectivity index (χ1v) is 7.39. The van der Waals surface area contributed by atoms with Crippen molar-refractivity contribution >= 4 is 17.6 Å². The van der Waals surface area contributed by atoms with Crippen LogP contribution in [0.5, 0.6) is 0 Å². The number of benzene rings is 2. The van der Waals surface area contributed by atoms with Crippen LogP contribution in [0.3, 0.4) is 0 Å². The van der Waals surface area contributed by atoms with Gasteiger partial charge < -0.3 is 15.8 Å². The predicted octanol–water partition coefficient (Wildman–Crippen LogP) is 2.69. The highest BCUT2D eigenvalue weighted by molar-refractivity contribution is 5.93. The molecule has 0 saturated heterocycles. The molecule has 0 unspecified atom stereocenters. The van der Waals surface area contributed by atoms with Crippen molar-refractivity contribution in [3.05, 3.63) is 65.7 Å². The van der Waals surface area contributed by atoms with Gasteiger partial charge in [0.05, 0.1) is 11.6 Å². The van der Waals surface area contributed by atoms with Crippen LogP contribution in [0.25, 0.3) is 0 Å². The van der Waals surface area contributed by atoms with Gasteiger partial charge in [0.25, 0.3) is 5.91 Å². The molecule has 0 aliphatic heterocycles. The summed E-state index contributed by atoms with van der Waals surface area (Å²) in [5.41, 5.74) is 7.40. The van der Waals surface area contributed by atoms with E-state index in [2.05, 4.69) is 5.32 Å². The first kappa shape index (κ1) is 16.5. The molecule has 23 heavy (non-hydrogen) atoms. The summed E-state index contributed by atoms with van der Waals surface area (Å²) in [5.74, 6) is -0.925. The predicted molar refractivity (Wildman–Crippen MR) is 88.7 cm³/mol. The highest BCUT2D eigenvalue weighted by atomic mass is 16.5. The number of rotatable bonds is 5. The molecule has 2 atom stereocenters. The molecule has 120 valence electrons. The molecule has 0 heterocycles. The molecule has 5 heteroatoms. The SMILES string of the molecule is C[C@H](OC(=O)c1cccc(N)c1)C(=O)N[C@H](C)c1ccccc1. The van der Waals surface area contributed by atoms with E-state index in [1.54, 1.807) is 18.2 Å². The molecule has 0 aliphatic rings. The molecule has 3 N–H and O–H groups in total. The number of hydrogen-bond acceptors (Lipinski definition) is 4. The molecule has 0 aromatic heterocycles. The van der Waals surface area contributed by atoms with Gasteiger partial charge in [0, 0.05) is 5.69 Å². The summed E-state index contributed by atoms with van der Waals surface area (Å²) in [6.45, 7) is 3.41. The van der Waals surface area contributed by atoms with Gasteiger partial charge in [0.15, 0.2) is 6.10 Å². The minimum Gasteiger partial charge on any atom is -0.449 e. The second-order valence-electron chi connectivity index (χ2n) is 5.31. The molecule has 2 aromatic rings. The minimum atomic E-state index is -0.893. The topological polar surface area (TPSA) is 81.4 Å². The van der Waals surface area contributed by atoms with E-state index in [-0.39, 0.29) is 11.9 Å². The summed E-state index contributed by atoms with van der Waals surface area (Å²) in [6, 6.07) is 15.8. The maximum atomic E-state index is 12.1. The van der Waals surface area contributed by atoms with Crippen molar-refractivity contribution in [1.29, 1.82) is 0 Å². The summed E-state index contributed by atoms with van der Waals surface area (Å²) in [4.78, 5) is 24.2. The Balaban J connectivity index is 1.93. The van der Waals surface area contributed by atoms with E-state index in [1.165, 1.54) is 13.0 Å². The van der Waals surface area contributed by atoms with E-state index >= 15 is 0 Å². The fraction of sp³-hybridized carbons (Fsp3) is 0.222. The largest absolute Gasteiger partial charge is 0.449 e. The van der Waals surface area contributed by atoms with Crippen LogP contribution in [0.15, 0.2) is 54.6 Å². The normalized spacial score (nSPS) is 13.0. The van der Waals surface area contributed by atoms with Gasteiger partial charge in [-0.05, 0) is 37.6 Å². The summed E-state index contributed by atoms with van der Waals surface area (Å²) in [7, 11) is 0. The first-order valence-electron chi connectivity index (χ1n) is 7.39. The van der Waals surface area contributed by atoms with Crippen molar-refractivity contribution in [3.63, 3.8) is 0 Å². The highest BCUT2D eigenvalue weighted by Crippen LogP contribution is 2.13. The van der Waals surface area contributed by atoms with Gasteiger partial charge in [0.2, 0.25) is 0 Å². The summed E-state index contributed by atoms with van der Waals surface area (Å²) < 4.78 is 5.18. The van der Waals surface area contributed by atoms with Crippen molar-refractivity contribution in [2.24, 2.45) is 0 Å². The van der Waals surface area contributed by atoms with Crippen LogP contribution < -0.4 is 11.1 Å². The van der Waals surface area contributed by atoms with Crippen LogP contribution in [-0.2, 0) is 9.53 Å². The smallest absolute Gasteiger partial charge is 0.338 e. The monoisotopic (exact) mass is 312 g/mol. The Morgan fingerprint density at radius 1 is 1.04 bits per heavy atom. The molecule has 1 amide bonds. The fourth-order valence-electron chi connectivity index (χ4n) is 2.10. The summed E-state index contributed by atoms with van der Waals surface area (Å²) >= 11 is 0. The molecule has 0 radical (unpaired) electrons. The zero-order valence-electron chi connectivity index (χ0n) is 13.2. The van der Waals surface area contributed by atoms with Gasteiger partial charge in [-0.1, -0.05) is 36.4 Å². The fourth-order valence-corrected chi connectivity index (χ4v) is 2.10. The minimum absolute atomic E-state index is 0.169. The van der Waals surface area contributed by atoms with Crippen molar-refractivity contribution in [2.45, 2.75) is 26.0 Å². The van der Waals surface area contributed by atoms with Crippen molar-refractivity contribution < 1.29 is 14.3 Å². The molecule has 0 spiro atoms. The average Bonchev–Trinajstić information content (AvgIpc) is 2.55.